The van der Waals surface area contributed by atoms with E-state index >= 15 is 0 Å². The summed E-state index contributed by atoms with van der Waals surface area (Å²) in [5.41, 5.74) is 0. The highest BCUT2D eigenvalue weighted by Crippen LogP contribution is 2.42. The molecule has 100 valence electrons. The Hall–Kier alpha value is -2.30. The molecule has 0 bridgehead atoms. The molecule has 0 amide bonds. The third-order valence-corrected chi connectivity index (χ3v) is 3.09. The molecule has 0 aliphatic rings. The van der Waals surface area contributed by atoms with Gasteiger partial charge in [-0.15, -0.1) is 0 Å². The lowest BCUT2D eigenvalue weighted by atomic mass is 10.5. The maximum atomic E-state index is 12.3. The summed E-state index contributed by atoms with van der Waals surface area (Å²) in [7, 11) is -3.93. The molecule has 10 heteroatoms. The number of nitriles is 1. The van der Waals surface area contributed by atoms with Crippen molar-refractivity contribution in [1.82, 2.24) is 19.4 Å². The SMILES string of the molecule is N#CCCOP(=O)(On1ccnc1)On1ccnc1. The van der Waals surface area contributed by atoms with Crippen molar-refractivity contribution in [3.05, 3.63) is 37.4 Å². The average molecular weight is 283 g/mol. The Balaban J connectivity index is 2.07. The highest BCUT2D eigenvalue weighted by Gasteiger charge is 2.32. The number of rotatable bonds is 7. The lowest BCUT2D eigenvalue weighted by molar-refractivity contribution is 0.0970. The molecule has 0 aliphatic carbocycles. The summed E-state index contributed by atoms with van der Waals surface area (Å²) in [4.78, 5) is 7.47. The molecule has 2 aromatic heterocycles. The highest BCUT2D eigenvalue weighted by atomic mass is 31.2. The van der Waals surface area contributed by atoms with Crippen LogP contribution in [0.25, 0.3) is 0 Å². The van der Waals surface area contributed by atoms with Gasteiger partial charge < -0.3 is 0 Å². The number of phosphoric acid groups is 1. The van der Waals surface area contributed by atoms with E-state index in [1.165, 1.54) is 37.4 Å². The Bertz CT molecular complexity index is 536. The minimum absolute atomic E-state index is 0.0601. The second-order valence-electron chi connectivity index (χ2n) is 3.20. The zero-order valence-corrected chi connectivity index (χ0v) is 10.6. The summed E-state index contributed by atoms with van der Waals surface area (Å²) in [5.74, 6) is 0. The van der Waals surface area contributed by atoms with Crippen molar-refractivity contribution in [3.8, 4) is 6.07 Å². The Morgan fingerprint density at radius 1 is 1.16 bits per heavy atom. The van der Waals surface area contributed by atoms with Crippen molar-refractivity contribution >= 4 is 7.82 Å². The molecule has 2 rings (SSSR count). The van der Waals surface area contributed by atoms with Gasteiger partial charge in [0.2, 0.25) is 0 Å². The first-order valence-corrected chi connectivity index (χ1v) is 6.65. The van der Waals surface area contributed by atoms with Crippen LogP contribution in [0.4, 0.5) is 0 Å². The largest absolute Gasteiger partial charge is 0.626 e. The number of hydrogen-bond donors (Lipinski definition) is 0. The van der Waals surface area contributed by atoms with E-state index in [1.807, 2.05) is 6.07 Å². The minimum Gasteiger partial charge on any atom is -0.300 e. The van der Waals surface area contributed by atoms with Gasteiger partial charge in [0.25, 0.3) is 0 Å². The normalized spacial score (nSPS) is 10.9. The van der Waals surface area contributed by atoms with E-state index in [4.69, 9.17) is 19.0 Å². The Kier molecular flexibility index (Phi) is 4.18. The molecule has 0 atom stereocenters. The molecule has 19 heavy (non-hydrogen) atoms. The fourth-order valence-electron chi connectivity index (χ4n) is 1.09. The molecule has 9 nitrogen and oxygen atoms in total. The van der Waals surface area contributed by atoms with Crippen LogP contribution in [-0.4, -0.2) is 26.0 Å². The van der Waals surface area contributed by atoms with Crippen LogP contribution in [0.2, 0.25) is 0 Å². The molecule has 0 N–H and O–H groups in total. The second-order valence-corrected chi connectivity index (χ2v) is 4.68. The predicted molar refractivity (Wildman–Crippen MR) is 61.4 cm³/mol. The van der Waals surface area contributed by atoms with Gasteiger partial charge in [0.05, 0.1) is 31.5 Å². The number of nitrogens with zero attached hydrogens (tertiary/aromatic N) is 5. The van der Waals surface area contributed by atoms with Gasteiger partial charge in [-0.25, -0.2) is 14.5 Å². The van der Waals surface area contributed by atoms with E-state index in [9.17, 15) is 4.57 Å². The first-order chi connectivity index (χ1) is 9.22. The Labute approximate surface area is 108 Å². The zero-order chi connectivity index (χ0) is 13.6. The van der Waals surface area contributed by atoms with E-state index < -0.39 is 7.82 Å². The molecule has 0 aliphatic heterocycles. The highest BCUT2D eigenvalue weighted by molar-refractivity contribution is 7.48. The van der Waals surface area contributed by atoms with Crippen LogP contribution in [0.15, 0.2) is 37.4 Å². The molecule has 0 unspecified atom stereocenters. The maximum Gasteiger partial charge on any atom is 0.626 e. The topological polar surface area (TPSA) is 104 Å². The molecule has 0 saturated carbocycles. The molecule has 0 spiro atoms. The summed E-state index contributed by atoms with van der Waals surface area (Å²) in [5, 5.41) is 8.44. The van der Waals surface area contributed by atoms with Gasteiger partial charge in [-0.1, -0.05) is 0 Å². The summed E-state index contributed by atoms with van der Waals surface area (Å²) < 4.78 is 29.7. The molecular formula is C9H10N5O4P. The maximum absolute atomic E-state index is 12.3. The van der Waals surface area contributed by atoms with Crippen LogP contribution in [-0.2, 0) is 9.09 Å². The zero-order valence-electron chi connectivity index (χ0n) is 9.69. The van der Waals surface area contributed by atoms with Crippen LogP contribution in [0, 0.1) is 11.3 Å². The van der Waals surface area contributed by atoms with Crippen LogP contribution in [0.5, 0.6) is 0 Å². The summed E-state index contributed by atoms with van der Waals surface area (Å²) >= 11 is 0. The Morgan fingerprint density at radius 3 is 2.16 bits per heavy atom. The molecule has 2 aromatic rings. The van der Waals surface area contributed by atoms with Crippen molar-refractivity contribution in [1.29, 1.82) is 5.26 Å². The van der Waals surface area contributed by atoms with E-state index in [0.29, 0.717) is 0 Å². The van der Waals surface area contributed by atoms with Gasteiger partial charge in [0.15, 0.2) is 0 Å². The molecule has 0 saturated heterocycles. The molecule has 0 radical (unpaired) electrons. The standard InChI is InChI=1S/C9H10N5O4P/c10-2-1-7-16-19(15,17-13-5-3-11-8-13)18-14-6-4-12-9-14/h3-6,8-9H,1,7H2. The lowest BCUT2D eigenvalue weighted by Crippen LogP contribution is -2.18. The minimum atomic E-state index is -3.93. The summed E-state index contributed by atoms with van der Waals surface area (Å²) in [6, 6.07) is 1.86. The predicted octanol–water partition coefficient (Wildman–Crippen LogP) is 0.675. The van der Waals surface area contributed by atoms with E-state index in [-0.39, 0.29) is 13.0 Å². The van der Waals surface area contributed by atoms with Crippen LogP contribution in [0.1, 0.15) is 6.42 Å². The summed E-state index contributed by atoms with van der Waals surface area (Å²) in [6.07, 6.45) is 8.38. The molecule has 0 aromatic carbocycles. The van der Waals surface area contributed by atoms with E-state index in [2.05, 4.69) is 9.97 Å². The van der Waals surface area contributed by atoms with Gasteiger partial charge >= 0.3 is 7.82 Å². The number of imidazole rings is 2. The quantitative estimate of drug-likeness (QED) is 0.543. The van der Waals surface area contributed by atoms with Gasteiger partial charge in [0, 0.05) is 12.4 Å². The van der Waals surface area contributed by atoms with Gasteiger partial charge in [-0.2, -0.15) is 14.7 Å². The van der Waals surface area contributed by atoms with Crippen LogP contribution < -0.4 is 9.25 Å². The third kappa shape index (κ3) is 3.84. The number of hydrogen-bond acceptors (Lipinski definition) is 7. The van der Waals surface area contributed by atoms with E-state index in [1.54, 1.807) is 0 Å². The fraction of sp³-hybridized carbons (Fsp3) is 0.222. The van der Waals surface area contributed by atoms with E-state index in [0.717, 1.165) is 9.46 Å². The first-order valence-electron chi connectivity index (χ1n) is 5.19. The van der Waals surface area contributed by atoms with Crippen LogP contribution >= 0.6 is 7.82 Å². The molecular weight excluding hydrogens is 273 g/mol. The van der Waals surface area contributed by atoms with Gasteiger partial charge in [-0.3, -0.25) is 13.8 Å². The smallest absolute Gasteiger partial charge is 0.300 e. The molecule has 0 fully saturated rings. The lowest BCUT2D eigenvalue weighted by Gasteiger charge is -2.17. The van der Waals surface area contributed by atoms with Crippen molar-refractivity contribution in [2.45, 2.75) is 6.42 Å². The van der Waals surface area contributed by atoms with Gasteiger partial charge in [0.1, 0.15) is 12.7 Å². The average Bonchev–Trinajstić information content (AvgIpc) is 3.03. The van der Waals surface area contributed by atoms with Crippen molar-refractivity contribution in [2.24, 2.45) is 0 Å². The second kappa shape index (κ2) is 6.04. The fourth-order valence-corrected chi connectivity index (χ4v) is 2.18. The van der Waals surface area contributed by atoms with Gasteiger partial charge in [-0.05, 0) is 0 Å². The van der Waals surface area contributed by atoms with Crippen LogP contribution in [0.3, 0.4) is 0 Å². The molecule has 2 heterocycles. The third-order valence-electron chi connectivity index (χ3n) is 1.81. The van der Waals surface area contributed by atoms with Crippen molar-refractivity contribution in [3.63, 3.8) is 0 Å². The summed E-state index contributed by atoms with van der Waals surface area (Å²) in [6.45, 7) is -0.0861. The van der Waals surface area contributed by atoms with Crippen molar-refractivity contribution in [2.75, 3.05) is 6.61 Å². The first kappa shape index (κ1) is 13.1. The Morgan fingerprint density at radius 2 is 1.74 bits per heavy atom. The van der Waals surface area contributed by atoms with Crippen molar-refractivity contribution < 1.29 is 18.3 Å². The number of aromatic nitrogens is 4. The monoisotopic (exact) mass is 283 g/mol.